The maximum atomic E-state index is 14.5. The van der Waals surface area contributed by atoms with E-state index in [0.717, 1.165) is 24.3 Å². The molecule has 4 nitrogen and oxygen atoms in total. The minimum Gasteiger partial charge on any atom is -0.394 e. The second kappa shape index (κ2) is 9.95. The first-order chi connectivity index (χ1) is 16.8. The summed E-state index contributed by atoms with van der Waals surface area (Å²) >= 11 is 30.7. The number of carbonyl (C=O) groups is 2. The third kappa shape index (κ3) is 5.13. The number of ketones is 1. The SMILES string of the molecule is Nc1c(F)ccc(CC(=O)c2cc(NC(=O)[C@H]3[C@H](c4cc(Cl)cc(Cl)c4)C3(Cl)Cl)cc(F)c2Cl)c1F. The van der Waals surface area contributed by atoms with Crippen molar-refractivity contribution in [3.8, 4) is 0 Å². The van der Waals surface area contributed by atoms with Crippen LogP contribution in [0.25, 0.3) is 0 Å². The summed E-state index contributed by atoms with van der Waals surface area (Å²) in [5, 5.41) is 2.60. The molecule has 4 rings (SSSR count). The number of nitrogens with two attached hydrogens (primary N) is 1. The highest BCUT2D eigenvalue weighted by molar-refractivity contribution is 6.53. The molecule has 1 aliphatic rings. The van der Waals surface area contributed by atoms with Crippen molar-refractivity contribution in [3.05, 3.63) is 91.7 Å². The van der Waals surface area contributed by atoms with Crippen molar-refractivity contribution in [1.29, 1.82) is 0 Å². The molecule has 0 heterocycles. The number of rotatable bonds is 6. The quantitative estimate of drug-likeness (QED) is 0.175. The van der Waals surface area contributed by atoms with Crippen LogP contribution in [-0.2, 0) is 11.2 Å². The lowest BCUT2D eigenvalue weighted by molar-refractivity contribution is -0.117. The van der Waals surface area contributed by atoms with E-state index in [2.05, 4.69) is 5.32 Å². The number of halogens is 8. The first-order valence-electron chi connectivity index (χ1n) is 10.2. The van der Waals surface area contributed by atoms with Crippen molar-refractivity contribution in [3.63, 3.8) is 0 Å². The molecule has 1 amide bonds. The Hall–Kier alpha value is -2.16. The molecule has 2 atom stereocenters. The molecule has 3 aromatic carbocycles. The third-order valence-electron chi connectivity index (χ3n) is 5.73. The van der Waals surface area contributed by atoms with Crippen LogP contribution in [0.5, 0.6) is 0 Å². The van der Waals surface area contributed by atoms with Crippen LogP contribution in [-0.4, -0.2) is 16.0 Å². The first-order valence-corrected chi connectivity index (χ1v) is 12.1. The zero-order valence-electron chi connectivity index (χ0n) is 17.8. The van der Waals surface area contributed by atoms with Gasteiger partial charge in [0.25, 0.3) is 0 Å². The van der Waals surface area contributed by atoms with E-state index in [0.29, 0.717) is 15.6 Å². The summed E-state index contributed by atoms with van der Waals surface area (Å²) in [7, 11) is 0. The van der Waals surface area contributed by atoms with Crippen LogP contribution in [0.1, 0.15) is 27.4 Å². The lowest BCUT2D eigenvalue weighted by atomic mass is 10.0. The topological polar surface area (TPSA) is 72.2 Å². The van der Waals surface area contributed by atoms with Crippen molar-refractivity contribution in [2.75, 3.05) is 11.1 Å². The zero-order chi connectivity index (χ0) is 26.5. The summed E-state index contributed by atoms with van der Waals surface area (Å²) in [5.41, 5.74) is 4.47. The molecule has 0 bridgehead atoms. The Bertz CT molecular complexity index is 1400. The first kappa shape index (κ1) is 26.9. The Morgan fingerprint density at radius 1 is 0.944 bits per heavy atom. The summed E-state index contributed by atoms with van der Waals surface area (Å²) in [5.74, 6) is -6.13. The fourth-order valence-corrected chi connectivity index (χ4v) is 5.51. The monoisotopic (exact) mass is 594 g/mol. The van der Waals surface area contributed by atoms with E-state index in [-0.39, 0.29) is 16.8 Å². The van der Waals surface area contributed by atoms with E-state index in [1.165, 1.54) is 6.07 Å². The molecule has 188 valence electrons. The van der Waals surface area contributed by atoms with Crippen molar-refractivity contribution in [2.45, 2.75) is 16.7 Å². The number of benzene rings is 3. The Balaban J connectivity index is 1.57. The lowest BCUT2D eigenvalue weighted by Crippen LogP contribution is -2.18. The molecule has 1 aliphatic carbocycles. The maximum absolute atomic E-state index is 14.5. The summed E-state index contributed by atoms with van der Waals surface area (Å²) in [4.78, 5) is 25.7. The molecule has 0 radical (unpaired) electrons. The molecule has 0 saturated heterocycles. The number of hydrogen-bond donors (Lipinski definition) is 2. The number of alkyl halides is 2. The van der Waals surface area contributed by atoms with E-state index in [1.54, 1.807) is 12.1 Å². The predicted octanol–water partition coefficient (Wildman–Crippen LogP) is 7.60. The molecular formula is C24H14Cl5F3N2O2. The van der Waals surface area contributed by atoms with Gasteiger partial charge in [-0.2, -0.15) is 0 Å². The summed E-state index contributed by atoms with van der Waals surface area (Å²) in [6.07, 6.45) is -0.584. The van der Waals surface area contributed by atoms with Crippen LogP contribution in [0.3, 0.4) is 0 Å². The van der Waals surface area contributed by atoms with Gasteiger partial charge >= 0.3 is 0 Å². The van der Waals surface area contributed by atoms with Gasteiger partial charge in [-0.05, 0) is 47.5 Å². The third-order valence-corrected chi connectivity index (χ3v) is 7.49. The van der Waals surface area contributed by atoms with Gasteiger partial charge in [-0.1, -0.05) is 40.9 Å². The van der Waals surface area contributed by atoms with Crippen LogP contribution >= 0.6 is 58.0 Å². The number of nitrogen functional groups attached to an aromatic ring is 1. The second-order valence-corrected chi connectivity index (χ2v) is 10.9. The van der Waals surface area contributed by atoms with Crippen molar-refractivity contribution in [1.82, 2.24) is 0 Å². The Morgan fingerprint density at radius 3 is 2.22 bits per heavy atom. The molecule has 12 heteroatoms. The highest BCUT2D eigenvalue weighted by atomic mass is 35.5. The minimum absolute atomic E-state index is 0.108. The van der Waals surface area contributed by atoms with E-state index < -0.39 is 62.4 Å². The van der Waals surface area contributed by atoms with E-state index >= 15 is 0 Å². The average Bonchev–Trinajstić information content (AvgIpc) is 3.37. The molecule has 3 aromatic rings. The molecule has 0 spiro atoms. The van der Waals surface area contributed by atoms with E-state index in [4.69, 9.17) is 63.7 Å². The fraction of sp³-hybridized carbons (Fsp3) is 0.167. The Morgan fingerprint density at radius 2 is 1.58 bits per heavy atom. The predicted molar refractivity (Wildman–Crippen MR) is 136 cm³/mol. The molecule has 3 N–H and O–H groups in total. The van der Waals surface area contributed by atoms with Gasteiger partial charge in [-0.25, -0.2) is 13.2 Å². The number of carbonyl (C=O) groups excluding carboxylic acids is 2. The van der Waals surface area contributed by atoms with Gasteiger partial charge in [0.15, 0.2) is 11.6 Å². The molecule has 0 aliphatic heterocycles. The molecule has 0 aromatic heterocycles. The van der Waals surface area contributed by atoms with E-state index in [1.807, 2.05) is 0 Å². The van der Waals surface area contributed by atoms with Crippen LogP contribution in [0, 0.1) is 23.4 Å². The molecular weight excluding hydrogens is 583 g/mol. The van der Waals surface area contributed by atoms with Gasteiger partial charge in [-0.3, -0.25) is 9.59 Å². The van der Waals surface area contributed by atoms with Crippen molar-refractivity contribution < 1.29 is 22.8 Å². The number of hydrogen-bond acceptors (Lipinski definition) is 3. The van der Waals surface area contributed by atoms with Gasteiger partial charge in [0, 0.05) is 33.6 Å². The fourth-order valence-electron chi connectivity index (χ4n) is 3.93. The number of Topliss-reactive ketones (excluding diaryl/α,β-unsaturated/α-hetero) is 1. The van der Waals surface area contributed by atoms with Gasteiger partial charge in [-0.15, -0.1) is 23.2 Å². The zero-order valence-corrected chi connectivity index (χ0v) is 21.6. The molecule has 0 unspecified atom stereocenters. The summed E-state index contributed by atoms with van der Waals surface area (Å²) in [6, 6.07) is 8.65. The molecule has 36 heavy (non-hydrogen) atoms. The van der Waals surface area contributed by atoms with Gasteiger partial charge in [0.1, 0.15) is 21.7 Å². The summed E-state index contributed by atoms with van der Waals surface area (Å²) < 4.78 is 40.7. The highest BCUT2D eigenvalue weighted by Crippen LogP contribution is 2.65. The average molecular weight is 597 g/mol. The highest BCUT2D eigenvalue weighted by Gasteiger charge is 2.67. The number of nitrogens with one attached hydrogen (secondary N) is 1. The normalized spacial score (nSPS) is 18.1. The lowest BCUT2D eigenvalue weighted by Gasteiger charge is -2.11. The largest absolute Gasteiger partial charge is 0.394 e. The van der Waals surface area contributed by atoms with Crippen LogP contribution in [0.2, 0.25) is 15.1 Å². The number of amides is 1. The van der Waals surface area contributed by atoms with Gasteiger partial charge in [0.05, 0.1) is 10.9 Å². The Kier molecular flexibility index (Phi) is 7.43. The molecule has 1 fully saturated rings. The Labute approximate surface area is 228 Å². The van der Waals surface area contributed by atoms with Crippen molar-refractivity contribution >= 4 is 81.1 Å². The van der Waals surface area contributed by atoms with Crippen LogP contribution < -0.4 is 11.1 Å². The van der Waals surface area contributed by atoms with Gasteiger partial charge in [0.2, 0.25) is 5.91 Å². The molecule has 1 saturated carbocycles. The van der Waals surface area contributed by atoms with Gasteiger partial charge < -0.3 is 11.1 Å². The smallest absolute Gasteiger partial charge is 0.231 e. The van der Waals surface area contributed by atoms with E-state index in [9.17, 15) is 22.8 Å². The summed E-state index contributed by atoms with van der Waals surface area (Å²) in [6.45, 7) is 0. The number of anilines is 2. The standard InChI is InChI=1S/C24H14Cl5F3N2O2/c25-11-3-10(4-12(26)6-11)18-19(24(18,28)29)23(36)34-13-7-14(20(27)16(31)8-13)17(35)5-9-1-2-15(30)22(33)21(9)32/h1-4,6-8,18-19H,5,33H2,(H,34,36)/t18-,19+/m0/s1. The van der Waals surface area contributed by atoms with Crippen molar-refractivity contribution in [2.24, 2.45) is 5.92 Å². The maximum Gasteiger partial charge on any atom is 0.231 e. The second-order valence-electron chi connectivity index (χ2n) is 8.18. The van der Waals surface area contributed by atoms with Crippen LogP contribution in [0.15, 0.2) is 42.5 Å². The van der Waals surface area contributed by atoms with Crippen LogP contribution in [0.4, 0.5) is 24.5 Å². The minimum atomic E-state index is -1.48.